The first-order chi connectivity index (χ1) is 12.2. The van der Waals surface area contributed by atoms with Crippen molar-refractivity contribution in [2.45, 2.75) is 82.7 Å². The zero-order valence-corrected chi connectivity index (χ0v) is 16.1. The highest BCUT2D eigenvalue weighted by molar-refractivity contribution is 5.15. The molecule has 4 unspecified atom stereocenters. The van der Waals surface area contributed by atoms with Gasteiger partial charge in [-0.15, -0.1) is 0 Å². The highest BCUT2D eigenvalue weighted by Gasteiger charge is 2.61. The van der Waals surface area contributed by atoms with E-state index in [-0.39, 0.29) is 0 Å². The molecule has 3 saturated carbocycles. The van der Waals surface area contributed by atoms with Crippen molar-refractivity contribution in [3.05, 3.63) is 0 Å². The van der Waals surface area contributed by atoms with Crippen molar-refractivity contribution in [3.63, 3.8) is 0 Å². The fraction of sp³-hybridized carbons (Fsp3) is 1.00. The van der Waals surface area contributed by atoms with Crippen LogP contribution < -0.4 is 5.32 Å². The molecule has 0 bridgehead atoms. The van der Waals surface area contributed by atoms with Gasteiger partial charge in [-0.3, -0.25) is 9.80 Å². The fourth-order valence-corrected chi connectivity index (χ4v) is 7.68. The van der Waals surface area contributed by atoms with Crippen LogP contribution >= 0.6 is 0 Å². The molecule has 6 rings (SSSR count). The first kappa shape index (κ1) is 15.9. The number of nitrogens with zero attached hydrogens (tertiary/aromatic N) is 2. The van der Waals surface area contributed by atoms with Crippen LogP contribution in [0, 0.1) is 16.2 Å². The smallest absolute Gasteiger partial charge is 0.0171 e. The number of hydrogen-bond acceptors (Lipinski definition) is 3. The molecule has 0 aromatic heterocycles. The molecule has 3 spiro atoms. The van der Waals surface area contributed by atoms with Crippen molar-refractivity contribution in [1.82, 2.24) is 15.1 Å². The molecule has 25 heavy (non-hydrogen) atoms. The molecule has 3 aliphatic heterocycles. The van der Waals surface area contributed by atoms with E-state index in [1.54, 1.807) is 12.8 Å². The zero-order valence-electron chi connectivity index (χ0n) is 16.1. The quantitative estimate of drug-likeness (QED) is 0.830. The van der Waals surface area contributed by atoms with Gasteiger partial charge in [0.2, 0.25) is 0 Å². The monoisotopic (exact) mass is 343 g/mol. The Bertz CT molecular complexity index is 525. The summed E-state index contributed by atoms with van der Waals surface area (Å²) >= 11 is 0. The summed E-state index contributed by atoms with van der Waals surface area (Å²) in [5.74, 6) is 0. The third kappa shape index (κ3) is 2.48. The van der Waals surface area contributed by atoms with Crippen molar-refractivity contribution in [2.75, 3.05) is 39.3 Å². The number of nitrogens with one attached hydrogen (secondary N) is 1. The zero-order chi connectivity index (χ0) is 16.5. The molecular weight excluding hydrogens is 306 g/mol. The molecular formula is C22H37N3. The van der Waals surface area contributed by atoms with Crippen molar-refractivity contribution >= 4 is 0 Å². The van der Waals surface area contributed by atoms with E-state index in [9.17, 15) is 0 Å². The molecule has 4 atom stereocenters. The van der Waals surface area contributed by atoms with Crippen molar-refractivity contribution in [3.8, 4) is 0 Å². The van der Waals surface area contributed by atoms with E-state index in [1.807, 2.05) is 0 Å². The predicted octanol–water partition coefficient (Wildman–Crippen LogP) is 3.25. The van der Waals surface area contributed by atoms with Gasteiger partial charge in [0.15, 0.2) is 0 Å². The Morgan fingerprint density at radius 3 is 2.32 bits per heavy atom. The van der Waals surface area contributed by atoms with Crippen LogP contribution in [-0.2, 0) is 0 Å². The topological polar surface area (TPSA) is 18.5 Å². The average Bonchev–Trinajstić information content (AvgIpc) is 3.01. The molecule has 3 heteroatoms. The molecule has 3 aliphatic carbocycles. The number of piperidine rings is 1. The van der Waals surface area contributed by atoms with Crippen LogP contribution in [0.15, 0.2) is 0 Å². The normalized spacial score (nSPS) is 49.4. The van der Waals surface area contributed by atoms with Crippen LogP contribution in [0.5, 0.6) is 0 Å². The van der Waals surface area contributed by atoms with Gasteiger partial charge in [-0.2, -0.15) is 0 Å². The Hall–Kier alpha value is -0.120. The van der Waals surface area contributed by atoms with Gasteiger partial charge in [0, 0.05) is 30.6 Å². The Labute approximate surface area is 153 Å². The second-order valence-electron chi connectivity index (χ2n) is 11.0. The van der Waals surface area contributed by atoms with Gasteiger partial charge >= 0.3 is 0 Å². The van der Waals surface area contributed by atoms with Gasteiger partial charge in [0.25, 0.3) is 0 Å². The summed E-state index contributed by atoms with van der Waals surface area (Å²) in [5, 5.41) is 3.64. The highest BCUT2D eigenvalue weighted by Crippen LogP contribution is 2.59. The maximum atomic E-state index is 3.64. The van der Waals surface area contributed by atoms with Gasteiger partial charge in [0.1, 0.15) is 0 Å². The maximum Gasteiger partial charge on any atom is 0.0171 e. The summed E-state index contributed by atoms with van der Waals surface area (Å²) < 4.78 is 0. The highest BCUT2D eigenvalue weighted by atomic mass is 15.3. The Kier molecular flexibility index (Phi) is 3.47. The minimum atomic E-state index is 0.688. The lowest BCUT2D eigenvalue weighted by atomic mass is 9.63. The SMILES string of the molecule is C1CC2(C1)CCN(C1CC13CCN(C1CCC4(CCNC4)C1)C3)CC2. The number of likely N-dealkylation sites (tertiary alicyclic amines) is 2. The maximum absolute atomic E-state index is 3.64. The van der Waals surface area contributed by atoms with Crippen molar-refractivity contribution in [2.24, 2.45) is 16.2 Å². The summed E-state index contributed by atoms with van der Waals surface area (Å²) in [4.78, 5) is 5.86. The number of hydrogen-bond donors (Lipinski definition) is 1. The van der Waals surface area contributed by atoms with Crippen molar-refractivity contribution < 1.29 is 0 Å². The lowest BCUT2D eigenvalue weighted by Gasteiger charge is -2.48. The third-order valence-electron chi connectivity index (χ3n) is 9.80. The first-order valence-electron chi connectivity index (χ1n) is 11.4. The summed E-state index contributed by atoms with van der Waals surface area (Å²) in [6.07, 6.45) is 16.6. The fourth-order valence-electron chi connectivity index (χ4n) is 7.68. The van der Waals surface area contributed by atoms with Gasteiger partial charge < -0.3 is 5.32 Å². The van der Waals surface area contributed by atoms with E-state index in [2.05, 4.69) is 15.1 Å². The second-order valence-corrected chi connectivity index (χ2v) is 11.0. The molecule has 3 nitrogen and oxygen atoms in total. The Morgan fingerprint density at radius 2 is 1.60 bits per heavy atom. The molecule has 3 saturated heterocycles. The lowest BCUT2D eigenvalue weighted by Crippen LogP contribution is -2.45. The van der Waals surface area contributed by atoms with Gasteiger partial charge in [0.05, 0.1) is 0 Å². The molecule has 6 fully saturated rings. The largest absolute Gasteiger partial charge is 0.316 e. The van der Waals surface area contributed by atoms with Crippen LogP contribution in [0.3, 0.4) is 0 Å². The molecule has 3 heterocycles. The van der Waals surface area contributed by atoms with Crippen LogP contribution in [0.2, 0.25) is 0 Å². The summed E-state index contributed by atoms with van der Waals surface area (Å²) in [5.41, 5.74) is 2.22. The molecule has 140 valence electrons. The summed E-state index contributed by atoms with van der Waals surface area (Å²) in [7, 11) is 0. The van der Waals surface area contributed by atoms with Crippen molar-refractivity contribution in [1.29, 1.82) is 0 Å². The van der Waals surface area contributed by atoms with Crippen LogP contribution in [0.1, 0.15) is 70.6 Å². The minimum absolute atomic E-state index is 0.688. The first-order valence-corrected chi connectivity index (χ1v) is 11.4. The van der Waals surface area contributed by atoms with E-state index in [0.717, 1.165) is 17.5 Å². The van der Waals surface area contributed by atoms with Gasteiger partial charge in [-0.25, -0.2) is 0 Å². The van der Waals surface area contributed by atoms with Crippen LogP contribution in [0.4, 0.5) is 0 Å². The second kappa shape index (κ2) is 5.45. The Balaban J connectivity index is 1.05. The van der Waals surface area contributed by atoms with E-state index in [1.165, 1.54) is 97.1 Å². The molecule has 6 aliphatic rings. The predicted molar refractivity (Wildman–Crippen MR) is 102 cm³/mol. The molecule has 0 aromatic rings. The lowest BCUT2D eigenvalue weighted by molar-refractivity contribution is 0.0250. The van der Waals surface area contributed by atoms with Crippen LogP contribution in [-0.4, -0.2) is 61.2 Å². The average molecular weight is 344 g/mol. The van der Waals surface area contributed by atoms with Gasteiger partial charge in [-0.05, 0) is 101 Å². The molecule has 0 aromatic carbocycles. The molecule has 0 amide bonds. The van der Waals surface area contributed by atoms with E-state index in [0.29, 0.717) is 10.8 Å². The number of rotatable bonds is 2. The minimum Gasteiger partial charge on any atom is -0.316 e. The molecule has 0 radical (unpaired) electrons. The van der Waals surface area contributed by atoms with E-state index >= 15 is 0 Å². The summed E-state index contributed by atoms with van der Waals surface area (Å²) in [6.45, 7) is 8.26. The summed E-state index contributed by atoms with van der Waals surface area (Å²) in [6, 6.07) is 1.87. The third-order valence-corrected chi connectivity index (χ3v) is 9.80. The van der Waals surface area contributed by atoms with E-state index in [4.69, 9.17) is 0 Å². The van der Waals surface area contributed by atoms with Gasteiger partial charge in [-0.1, -0.05) is 6.42 Å². The van der Waals surface area contributed by atoms with Crippen LogP contribution in [0.25, 0.3) is 0 Å². The van der Waals surface area contributed by atoms with E-state index < -0.39 is 0 Å². The molecule has 1 N–H and O–H groups in total. The Morgan fingerprint density at radius 1 is 0.760 bits per heavy atom. The standard InChI is InChI=1S/C22H37N3/c1-3-20(4-1)7-11-24(12-8-20)19-15-22(19)9-13-25(17-22)18-2-5-21(14-18)6-10-23-16-21/h18-19,23H,1-17H2.